The van der Waals surface area contributed by atoms with E-state index in [4.69, 9.17) is 25.4 Å². The SMILES string of the molecule is NC(=O)CN(C(=O)C1O[C@H](CO)[C@@H](O)[C@H]1O)P(=O)(O)O. The molecule has 1 aliphatic heterocycles. The van der Waals surface area contributed by atoms with Crippen molar-refractivity contribution in [2.24, 2.45) is 5.73 Å². The van der Waals surface area contributed by atoms with E-state index in [2.05, 4.69) is 0 Å². The molecular formula is C8H15N2O9P. The van der Waals surface area contributed by atoms with Crippen LogP contribution in [-0.2, 0) is 18.9 Å². The van der Waals surface area contributed by atoms with E-state index in [9.17, 15) is 24.4 Å². The van der Waals surface area contributed by atoms with Crippen molar-refractivity contribution in [3.8, 4) is 0 Å². The summed E-state index contributed by atoms with van der Waals surface area (Å²) in [6, 6.07) is 0. The van der Waals surface area contributed by atoms with Gasteiger partial charge in [0.15, 0.2) is 6.10 Å². The maximum Gasteiger partial charge on any atom is 0.432 e. The smallest absolute Gasteiger partial charge is 0.394 e. The van der Waals surface area contributed by atoms with Crippen LogP contribution in [0.25, 0.3) is 0 Å². The monoisotopic (exact) mass is 314 g/mol. The van der Waals surface area contributed by atoms with Gasteiger partial charge in [-0.3, -0.25) is 9.59 Å². The molecule has 1 aliphatic rings. The Bertz CT molecular complexity index is 438. The van der Waals surface area contributed by atoms with Crippen LogP contribution in [0.5, 0.6) is 0 Å². The number of rotatable bonds is 5. The highest BCUT2D eigenvalue weighted by Crippen LogP contribution is 2.41. The van der Waals surface area contributed by atoms with Gasteiger partial charge in [0.2, 0.25) is 5.91 Å². The van der Waals surface area contributed by atoms with Gasteiger partial charge in [-0.15, -0.1) is 0 Å². The largest absolute Gasteiger partial charge is 0.432 e. The van der Waals surface area contributed by atoms with Crippen LogP contribution in [-0.4, -0.2) is 79.2 Å². The summed E-state index contributed by atoms with van der Waals surface area (Å²) in [5, 5.41) is 27.9. The predicted molar refractivity (Wildman–Crippen MR) is 60.7 cm³/mol. The van der Waals surface area contributed by atoms with Crippen molar-refractivity contribution in [3.63, 3.8) is 0 Å². The van der Waals surface area contributed by atoms with Crippen LogP contribution < -0.4 is 5.73 Å². The van der Waals surface area contributed by atoms with E-state index in [1.807, 2.05) is 0 Å². The van der Waals surface area contributed by atoms with Crippen LogP contribution in [0, 0.1) is 0 Å². The van der Waals surface area contributed by atoms with E-state index < -0.39 is 57.1 Å². The normalized spacial score (nSPS) is 30.2. The lowest BCUT2D eigenvalue weighted by Gasteiger charge is -2.25. The minimum atomic E-state index is -5.17. The Balaban J connectivity index is 2.96. The topological polar surface area (TPSA) is 191 Å². The second-order valence-corrected chi connectivity index (χ2v) is 5.64. The number of hydrogen-bond donors (Lipinski definition) is 6. The first kappa shape index (κ1) is 17.0. The summed E-state index contributed by atoms with van der Waals surface area (Å²) in [6.45, 7) is -1.80. The number of hydrogen-bond acceptors (Lipinski definition) is 7. The molecule has 1 rings (SSSR count). The number of aliphatic hydroxyl groups is 3. The van der Waals surface area contributed by atoms with E-state index in [0.29, 0.717) is 0 Å². The van der Waals surface area contributed by atoms with Gasteiger partial charge in [-0.05, 0) is 0 Å². The fourth-order valence-electron chi connectivity index (χ4n) is 1.70. The van der Waals surface area contributed by atoms with Crippen LogP contribution in [0.2, 0.25) is 0 Å². The van der Waals surface area contributed by atoms with Gasteiger partial charge in [0.1, 0.15) is 24.9 Å². The zero-order valence-corrected chi connectivity index (χ0v) is 11.0. The molecule has 0 spiro atoms. The Morgan fingerprint density at radius 1 is 1.25 bits per heavy atom. The Morgan fingerprint density at radius 3 is 2.15 bits per heavy atom. The summed E-state index contributed by atoms with van der Waals surface area (Å²) in [5.41, 5.74) is 4.77. The highest BCUT2D eigenvalue weighted by molar-refractivity contribution is 7.50. The maximum atomic E-state index is 11.9. The molecule has 1 fully saturated rings. The number of ether oxygens (including phenoxy) is 1. The molecule has 1 unspecified atom stereocenters. The van der Waals surface area contributed by atoms with Gasteiger partial charge in [-0.2, -0.15) is 0 Å². The highest BCUT2D eigenvalue weighted by atomic mass is 31.2. The number of nitrogens with zero attached hydrogens (tertiary/aromatic N) is 1. The molecule has 116 valence electrons. The molecule has 2 amide bonds. The van der Waals surface area contributed by atoms with Gasteiger partial charge >= 0.3 is 7.75 Å². The van der Waals surface area contributed by atoms with Crippen molar-refractivity contribution in [1.82, 2.24) is 4.67 Å². The van der Waals surface area contributed by atoms with Crippen molar-refractivity contribution in [2.75, 3.05) is 13.2 Å². The summed E-state index contributed by atoms with van der Waals surface area (Å²) in [5.74, 6) is -2.60. The van der Waals surface area contributed by atoms with Gasteiger partial charge in [-0.1, -0.05) is 0 Å². The average Bonchev–Trinajstić information content (AvgIpc) is 2.61. The lowest BCUT2D eigenvalue weighted by Crippen LogP contribution is -2.46. The van der Waals surface area contributed by atoms with Crippen LogP contribution in [0.1, 0.15) is 0 Å². The fourth-order valence-corrected chi connectivity index (χ4v) is 2.39. The first-order valence-corrected chi connectivity index (χ1v) is 6.94. The van der Waals surface area contributed by atoms with Crippen LogP contribution >= 0.6 is 7.75 Å². The summed E-state index contributed by atoms with van der Waals surface area (Å²) < 4.78 is 15.8. The van der Waals surface area contributed by atoms with Crippen molar-refractivity contribution in [2.45, 2.75) is 24.4 Å². The van der Waals surface area contributed by atoms with Gasteiger partial charge in [0, 0.05) is 0 Å². The number of amides is 2. The van der Waals surface area contributed by atoms with Crippen molar-refractivity contribution < 1.29 is 44.0 Å². The first-order chi connectivity index (χ1) is 9.09. The summed E-state index contributed by atoms with van der Waals surface area (Å²) in [4.78, 5) is 40.6. The van der Waals surface area contributed by atoms with Crippen LogP contribution in [0.4, 0.5) is 0 Å². The number of nitrogens with two attached hydrogens (primary N) is 1. The number of primary amides is 1. The second kappa shape index (κ2) is 6.14. The van der Waals surface area contributed by atoms with Crippen molar-refractivity contribution in [1.29, 1.82) is 0 Å². The Hall–Kier alpha value is -1.07. The third-order valence-electron chi connectivity index (χ3n) is 2.66. The molecule has 0 aliphatic carbocycles. The van der Waals surface area contributed by atoms with E-state index >= 15 is 0 Å². The highest BCUT2D eigenvalue weighted by Gasteiger charge is 2.49. The average molecular weight is 314 g/mol. The molecule has 0 bridgehead atoms. The van der Waals surface area contributed by atoms with E-state index in [1.54, 1.807) is 0 Å². The van der Waals surface area contributed by atoms with Crippen LogP contribution in [0.15, 0.2) is 0 Å². The van der Waals surface area contributed by atoms with E-state index in [-0.39, 0.29) is 4.67 Å². The molecule has 1 heterocycles. The summed E-state index contributed by atoms with van der Waals surface area (Å²) >= 11 is 0. The Kier molecular flexibility index (Phi) is 5.21. The van der Waals surface area contributed by atoms with Gasteiger partial charge in [0.25, 0.3) is 5.91 Å². The molecule has 0 aromatic rings. The molecule has 0 saturated carbocycles. The Labute approximate surface area is 112 Å². The lowest BCUT2D eigenvalue weighted by atomic mass is 10.1. The molecule has 11 nitrogen and oxygen atoms in total. The molecule has 0 aromatic heterocycles. The number of aliphatic hydroxyl groups excluding tert-OH is 3. The zero-order valence-electron chi connectivity index (χ0n) is 10.1. The van der Waals surface area contributed by atoms with E-state index in [1.165, 1.54) is 0 Å². The molecule has 7 N–H and O–H groups in total. The number of carbonyl (C=O) groups excluding carboxylic acids is 2. The predicted octanol–water partition coefficient (Wildman–Crippen LogP) is -4.13. The number of carbonyl (C=O) groups is 2. The fraction of sp³-hybridized carbons (Fsp3) is 0.750. The molecule has 0 aromatic carbocycles. The Morgan fingerprint density at radius 2 is 1.80 bits per heavy atom. The van der Waals surface area contributed by atoms with E-state index in [0.717, 1.165) is 0 Å². The third kappa shape index (κ3) is 3.52. The van der Waals surface area contributed by atoms with Crippen molar-refractivity contribution >= 4 is 19.6 Å². The van der Waals surface area contributed by atoms with Crippen molar-refractivity contribution in [3.05, 3.63) is 0 Å². The maximum absolute atomic E-state index is 11.9. The molecule has 1 saturated heterocycles. The lowest BCUT2D eigenvalue weighted by molar-refractivity contribution is -0.145. The zero-order chi connectivity index (χ0) is 15.7. The quantitative estimate of drug-likeness (QED) is 0.273. The molecule has 12 heteroatoms. The third-order valence-corrected chi connectivity index (χ3v) is 3.63. The van der Waals surface area contributed by atoms with Gasteiger partial charge in [-0.25, -0.2) is 9.24 Å². The summed E-state index contributed by atoms with van der Waals surface area (Å²) in [7, 11) is -5.17. The minimum absolute atomic E-state index is 0.157. The summed E-state index contributed by atoms with van der Waals surface area (Å²) in [6.07, 6.45) is -6.53. The second-order valence-electron chi connectivity index (χ2n) is 4.13. The van der Waals surface area contributed by atoms with Crippen LogP contribution in [0.3, 0.4) is 0 Å². The van der Waals surface area contributed by atoms with Gasteiger partial charge < -0.3 is 35.6 Å². The molecule has 0 radical (unpaired) electrons. The van der Waals surface area contributed by atoms with Gasteiger partial charge in [0.05, 0.1) is 6.61 Å². The minimum Gasteiger partial charge on any atom is -0.394 e. The standard InChI is InChI=1S/C8H15N2O9P/c9-4(12)1-10(20(16,17)18)8(15)7-6(14)5(13)3(2-11)19-7/h3,5-7,11,13-14H,1-2H2,(H2,9,12)(H2,16,17,18)/t3-,5-,6-,7?/m1/s1. The first-order valence-electron chi connectivity index (χ1n) is 5.37. The molecule has 4 atom stereocenters. The molecular weight excluding hydrogens is 299 g/mol. The molecule has 20 heavy (non-hydrogen) atoms.